The average molecular weight is 334 g/mol. The van der Waals surface area contributed by atoms with Gasteiger partial charge in [-0.25, -0.2) is 4.98 Å². The molecule has 4 N–H and O–H groups in total. The van der Waals surface area contributed by atoms with Gasteiger partial charge in [0.2, 0.25) is 5.88 Å². The van der Waals surface area contributed by atoms with Gasteiger partial charge in [-0.15, -0.1) is 0 Å². The van der Waals surface area contributed by atoms with Crippen molar-refractivity contribution >= 4 is 23.3 Å². The molecule has 8 heteroatoms. The Balaban J connectivity index is 1.80. The summed E-state index contributed by atoms with van der Waals surface area (Å²) in [6.07, 6.45) is 2.67. The number of carbonyl (C=O) groups excluding carboxylic acids is 1. The van der Waals surface area contributed by atoms with Crippen LogP contribution in [0.2, 0.25) is 0 Å². The van der Waals surface area contributed by atoms with E-state index in [4.69, 9.17) is 10.5 Å². The van der Waals surface area contributed by atoms with E-state index in [-0.39, 0.29) is 29.8 Å². The molecule has 0 spiro atoms. The third-order valence-electron chi connectivity index (χ3n) is 4.08. The quantitative estimate of drug-likeness (QED) is 0.762. The molecule has 3 rings (SSSR count). The lowest BCUT2D eigenvalue weighted by molar-refractivity contribution is 0.0234. The number of nitrogens with one attached hydrogen (secondary N) is 1. The van der Waals surface area contributed by atoms with E-state index in [1.807, 2.05) is 6.07 Å². The van der Waals surface area contributed by atoms with Gasteiger partial charge < -0.3 is 20.9 Å². The van der Waals surface area contributed by atoms with Crippen molar-refractivity contribution in [2.24, 2.45) is 5.92 Å². The van der Waals surface area contributed by atoms with E-state index in [0.29, 0.717) is 24.3 Å². The average Bonchev–Trinajstić information content (AvgIpc) is 2.96. The lowest BCUT2D eigenvalue weighted by atomic mass is 9.75. The molecule has 1 amide bonds. The molecule has 2 heterocycles. The van der Waals surface area contributed by atoms with Crippen LogP contribution in [0.5, 0.6) is 5.88 Å². The Morgan fingerprint density at radius 1 is 1.52 bits per heavy atom. The number of hydrogen-bond acceptors (Lipinski definition) is 7. The highest BCUT2D eigenvalue weighted by molar-refractivity contribution is 7.04. The molecule has 0 bridgehead atoms. The Kier molecular flexibility index (Phi) is 4.44. The molecule has 122 valence electrons. The molecule has 0 radical (unpaired) electrons. The lowest BCUT2D eigenvalue weighted by Crippen LogP contribution is -2.41. The summed E-state index contributed by atoms with van der Waals surface area (Å²) in [6.45, 7) is 0. The molecule has 0 saturated heterocycles. The molecule has 0 aliphatic heterocycles. The summed E-state index contributed by atoms with van der Waals surface area (Å²) in [6, 6.07) is 3.39. The van der Waals surface area contributed by atoms with E-state index in [1.165, 1.54) is 0 Å². The summed E-state index contributed by atoms with van der Waals surface area (Å²) < 4.78 is 8.98. The maximum absolute atomic E-state index is 12.4. The van der Waals surface area contributed by atoms with Crippen LogP contribution in [-0.4, -0.2) is 33.6 Å². The predicted octanol–water partition coefficient (Wildman–Crippen LogP) is 1.37. The third-order valence-corrected chi connectivity index (χ3v) is 4.72. The molecule has 1 aliphatic rings. The highest BCUT2D eigenvalue weighted by Gasteiger charge is 2.36. The number of aliphatic hydroxyl groups is 1. The number of pyridine rings is 1. The molecular formula is C15H18N4O3S. The summed E-state index contributed by atoms with van der Waals surface area (Å²) in [5.41, 5.74) is 6.96. The van der Waals surface area contributed by atoms with Crippen LogP contribution in [0.15, 0.2) is 23.7 Å². The van der Waals surface area contributed by atoms with Crippen molar-refractivity contribution < 1.29 is 14.6 Å². The van der Waals surface area contributed by atoms with E-state index in [9.17, 15) is 9.90 Å². The maximum atomic E-state index is 12.4. The van der Waals surface area contributed by atoms with Gasteiger partial charge in [-0.3, -0.25) is 4.79 Å². The molecule has 1 saturated carbocycles. The number of nitrogen functional groups attached to an aromatic ring is 1. The van der Waals surface area contributed by atoms with E-state index < -0.39 is 0 Å². The topological polar surface area (TPSA) is 110 Å². The molecule has 0 unspecified atom stereocenters. The monoisotopic (exact) mass is 334 g/mol. The fourth-order valence-corrected chi connectivity index (χ4v) is 3.30. The van der Waals surface area contributed by atoms with Crippen molar-refractivity contribution in [2.45, 2.75) is 25.0 Å². The van der Waals surface area contributed by atoms with Gasteiger partial charge in [-0.2, -0.15) is 4.37 Å². The summed E-state index contributed by atoms with van der Waals surface area (Å²) in [5, 5.41) is 14.2. The molecule has 0 aromatic carbocycles. The maximum Gasteiger partial charge on any atom is 0.256 e. The fourth-order valence-electron chi connectivity index (χ4n) is 2.71. The van der Waals surface area contributed by atoms with Gasteiger partial charge in [0.05, 0.1) is 24.8 Å². The van der Waals surface area contributed by atoms with Gasteiger partial charge in [0.25, 0.3) is 5.91 Å². The summed E-state index contributed by atoms with van der Waals surface area (Å²) in [5.74, 6) is 0.641. The molecule has 23 heavy (non-hydrogen) atoms. The second kappa shape index (κ2) is 6.51. The largest absolute Gasteiger partial charge is 0.481 e. The minimum atomic E-state index is -0.307. The number of methoxy groups -OCH3 is 1. The summed E-state index contributed by atoms with van der Waals surface area (Å²) in [7, 11) is 1.55. The molecular weight excluding hydrogens is 316 g/mol. The molecule has 1 atom stereocenters. The number of rotatable bonds is 5. The Morgan fingerprint density at radius 3 is 2.83 bits per heavy atom. The van der Waals surface area contributed by atoms with Gasteiger partial charge in [0, 0.05) is 17.6 Å². The number of carbonyl (C=O) groups is 1. The summed E-state index contributed by atoms with van der Waals surface area (Å²) >= 11 is 1.15. The van der Waals surface area contributed by atoms with Crippen LogP contribution in [0.4, 0.5) is 5.82 Å². The molecule has 7 nitrogen and oxygen atoms in total. The zero-order valence-corrected chi connectivity index (χ0v) is 13.4. The Hall–Kier alpha value is -2.19. The zero-order chi connectivity index (χ0) is 16.4. The SMILES string of the molecule is COc1ccc([C@H](NC(=O)c2csnc2N)C2CC(O)C2)cn1. The van der Waals surface area contributed by atoms with Crippen LogP contribution < -0.4 is 15.8 Å². The highest BCUT2D eigenvalue weighted by atomic mass is 32.1. The normalized spacial score (nSPS) is 21.3. The first-order valence-electron chi connectivity index (χ1n) is 7.27. The van der Waals surface area contributed by atoms with Crippen LogP contribution in [0.1, 0.15) is 34.8 Å². The van der Waals surface area contributed by atoms with Gasteiger partial charge >= 0.3 is 0 Å². The number of aliphatic hydroxyl groups excluding tert-OH is 1. The summed E-state index contributed by atoms with van der Waals surface area (Å²) in [4.78, 5) is 16.6. The predicted molar refractivity (Wildman–Crippen MR) is 86.3 cm³/mol. The number of nitrogens with two attached hydrogens (primary N) is 1. The highest BCUT2D eigenvalue weighted by Crippen LogP contribution is 2.38. The van der Waals surface area contributed by atoms with Gasteiger partial charge in [-0.05, 0) is 35.9 Å². The molecule has 2 aromatic rings. The van der Waals surface area contributed by atoms with Gasteiger partial charge in [0.1, 0.15) is 5.82 Å². The van der Waals surface area contributed by atoms with Crippen molar-refractivity contribution in [3.63, 3.8) is 0 Å². The van der Waals surface area contributed by atoms with Crippen molar-refractivity contribution in [3.05, 3.63) is 34.8 Å². The number of hydrogen-bond donors (Lipinski definition) is 3. The van der Waals surface area contributed by atoms with E-state index >= 15 is 0 Å². The van der Waals surface area contributed by atoms with Crippen molar-refractivity contribution in [3.8, 4) is 5.88 Å². The van der Waals surface area contributed by atoms with Crippen LogP contribution in [-0.2, 0) is 0 Å². The van der Waals surface area contributed by atoms with E-state index in [2.05, 4.69) is 14.7 Å². The fraction of sp³-hybridized carbons (Fsp3) is 0.400. The molecule has 1 aliphatic carbocycles. The second-order valence-electron chi connectivity index (χ2n) is 5.58. The first-order valence-corrected chi connectivity index (χ1v) is 8.11. The lowest BCUT2D eigenvalue weighted by Gasteiger charge is -2.38. The van der Waals surface area contributed by atoms with Crippen molar-refractivity contribution in [2.75, 3.05) is 12.8 Å². The minimum Gasteiger partial charge on any atom is -0.481 e. The van der Waals surface area contributed by atoms with Crippen molar-refractivity contribution in [1.29, 1.82) is 0 Å². The Bertz CT molecular complexity index is 682. The number of nitrogens with zero attached hydrogens (tertiary/aromatic N) is 2. The molecule has 2 aromatic heterocycles. The number of aromatic nitrogens is 2. The van der Waals surface area contributed by atoms with Crippen LogP contribution in [0, 0.1) is 5.92 Å². The first-order chi connectivity index (χ1) is 11.1. The number of anilines is 1. The van der Waals surface area contributed by atoms with Gasteiger partial charge in [0.15, 0.2) is 0 Å². The smallest absolute Gasteiger partial charge is 0.256 e. The van der Waals surface area contributed by atoms with Crippen LogP contribution in [0.3, 0.4) is 0 Å². The standard InChI is InChI=1S/C15H18N4O3S/c1-22-12-3-2-8(6-17-12)13(9-4-10(20)5-9)18-15(21)11-7-23-19-14(11)16/h2-3,6-7,9-10,13,20H,4-5H2,1H3,(H2,16,19)(H,18,21)/t9?,10?,13-/m0/s1. The zero-order valence-electron chi connectivity index (χ0n) is 12.6. The van der Waals surface area contributed by atoms with Crippen molar-refractivity contribution in [1.82, 2.24) is 14.7 Å². The second-order valence-corrected chi connectivity index (χ2v) is 6.21. The third kappa shape index (κ3) is 3.27. The Labute approximate surface area is 137 Å². The van der Waals surface area contributed by atoms with Crippen LogP contribution >= 0.6 is 11.5 Å². The first kappa shape index (κ1) is 15.7. The number of amides is 1. The number of ether oxygens (including phenoxy) is 1. The Morgan fingerprint density at radius 2 is 2.30 bits per heavy atom. The van der Waals surface area contributed by atoms with E-state index in [0.717, 1.165) is 17.1 Å². The van der Waals surface area contributed by atoms with Gasteiger partial charge in [-0.1, -0.05) is 6.07 Å². The van der Waals surface area contributed by atoms with Crippen LogP contribution in [0.25, 0.3) is 0 Å². The minimum absolute atomic E-state index is 0.164. The molecule has 1 fully saturated rings. The van der Waals surface area contributed by atoms with E-state index in [1.54, 1.807) is 24.8 Å².